The molecular formula is C12H19NO2S. The Morgan fingerprint density at radius 2 is 2.19 bits per heavy atom. The van der Waals surface area contributed by atoms with Crippen molar-refractivity contribution >= 4 is 17.4 Å². The zero-order chi connectivity index (χ0) is 12.0. The second-order valence-corrected chi connectivity index (χ2v) is 4.55. The van der Waals surface area contributed by atoms with Crippen molar-refractivity contribution in [3.05, 3.63) is 18.2 Å². The Bertz CT molecular complexity index is 331. The molecule has 0 amide bonds. The minimum atomic E-state index is 0.222. The molecule has 1 unspecified atom stereocenters. The van der Waals surface area contributed by atoms with Crippen LogP contribution in [0.3, 0.4) is 0 Å². The Morgan fingerprint density at radius 1 is 1.44 bits per heavy atom. The Balaban J connectivity index is 2.66. The van der Waals surface area contributed by atoms with Crippen LogP contribution in [0.5, 0.6) is 5.75 Å². The third-order valence-electron chi connectivity index (χ3n) is 2.17. The number of nitrogen functional groups attached to an aromatic ring is 1. The van der Waals surface area contributed by atoms with Crippen LogP contribution in [0, 0.1) is 0 Å². The lowest BCUT2D eigenvalue weighted by atomic mass is 10.3. The standard InChI is InChI=1S/C12H19NO2S/c1-4-15-10-5-6-11(13)12(7-10)16-8-9(2)14-3/h5-7,9H,4,8,13H2,1-3H3. The van der Waals surface area contributed by atoms with Gasteiger partial charge in [-0.1, -0.05) is 0 Å². The molecule has 0 fully saturated rings. The summed E-state index contributed by atoms with van der Waals surface area (Å²) in [6.45, 7) is 4.67. The molecule has 0 saturated heterocycles. The first-order valence-electron chi connectivity index (χ1n) is 5.35. The largest absolute Gasteiger partial charge is 0.494 e. The molecule has 0 aromatic heterocycles. The van der Waals surface area contributed by atoms with Crippen LogP contribution in [0.4, 0.5) is 5.69 Å². The van der Waals surface area contributed by atoms with Gasteiger partial charge in [0.2, 0.25) is 0 Å². The normalized spacial score (nSPS) is 12.4. The third kappa shape index (κ3) is 3.94. The van der Waals surface area contributed by atoms with Gasteiger partial charge >= 0.3 is 0 Å². The van der Waals surface area contributed by atoms with Gasteiger partial charge in [0.25, 0.3) is 0 Å². The number of rotatable bonds is 6. The molecule has 4 heteroatoms. The van der Waals surface area contributed by atoms with Gasteiger partial charge in [0.15, 0.2) is 0 Å². The number of thioether (sulfide) groups is 1. The van der Waals surface area contributed by atoms with E-state index in [1.54, 1.807) is 18.9 Å². The van der Waals surface area contributed by atoms with Gasteiger partial charge in [-0.3, -0.25) is 0 Å². The molecule has 90 valence electrons. The van der Waals surface area contributed by atoms with Gasteiger partial charge in [-0.05, 0) is 32.0 Å². The van der Waals surface area contributed by atoms with Crippen molar-refractivity contribution < 1.29 is 9.47 Å². The average Bonchev–Trinajstić information content (AvgIpc) is 2.29. The summed E-state index contributed by atoms with van der Waals surface area (Å²) in [5, 5.41) is 0. The summed E-state index contributed by atoms with van der Waals surface area (Å²) >= 11 is 1.69. The first-order valence-corrected chi connectivity index (χ1v) is 6.33. The van der Waals surface area contributed by atoms with Gasteiger partial charge in [0, 0.05) is 23.4 Å². The van der Waals surface area contributed by atoms with E-state index in [1.165, 1.54) is 0 Å². The van der Waals surface area contributed by atoms with Crippen LogP contribution >= 0.6 is 11.8 Å². The summed E-state index contributed by atoms with van der Waals surface area (Å²) in [4.78, 5) is 1.05. The van der Waals surface area contributed by atoms with E-state index in [9.17, 15) is 0 Å². The Morgan fingerprint density at radius 3 is 2.81 bits per heavy atom. The monoisotopic (exact) mass is 241 g/mol. The van der Waals surface area contributed by atoms with Gasteiger partial charge in [-0.15, -0.1) is 11.8 Å². The van der Waals surface area contributed by atoms with Crippen molar-refractivity contribution in [2.75, 3.05) is 25.2 Å². The SMILES string of the molecule is CCOc1ccc(N)c(SCC(C)OC)c1. The van der Waals surface area contributed by atoms with Crippen molar-refractivity contribution in [1.82, 2.24) is 0 Å². The van der Waals surface area contributed by atoms with Gasteiger partial charge in [0.1, 0.15) is 5.75 Å². The minimum Gasteiger partial charge on any atom is -0.494 e. The van der Waals surface area contributed by atoms with E-state index in [-0.39, 0.29) is 6.10 Å². The number of anilines is 1. The summed E-state index contributed by atoms with van der Waals surface area (Å²) in [5.74, 6) is 1.75. The van der Waals surface area contributed by atoms with E-state index in [4.69, 9.17) is 15.2 Å². The first-order chi connectivity index (χ1) is 7.67. The summed E-state index contributed by atoms with van der Waals surface area (Å²) in [5.41, 5.74) is 6.68. The zero-order valence-corrected chi connectivity index (χ0v) is 10.8. The van der Waals surface area contributed by atoms with Crippen LogP contribution < -0.4 is 10.5 Å². The quantitative estimate of drug-likeness (QED) is 0.614. The molecule has 0 aliphatic carbocycles. The molecule has 1 rings (SSSR count). The van der Waals surface area contributed by atoms with Crippen molar-refractivity contribution in [3.8, 4) is 5.75 Å². The molecule has 1 aromatic carbocycles. The number of ether oxygens (including phenoxy) is 2. The number of methoxy groups -OCH3 is 1. The molecule has 0 radical (unpaired) electrons. The highest BCUT2D eigenvalue weighted by molar-refractivity contribution is 7.99. The molecule has 1 atom stereocenters. The molecule has 1 aromatic rings. The molecule has 0 spiro atoms. The number of hydrogen-bond donors (Lipinski definition) is 1. The van der Waals surface area contributed by atoms with E-state index >= 15 is 0 Å². The van der Waals surface area contributed by atoms with Crippen LogP contribution in [-0.2, 0) is 4.74 Å². The summed E-state index contributed by atoms with van der Waals surface area (Å²) in [6.07, 6.45) is 0.222. The lowest BCUT2D eigenvalue weighted by Gasteiger charge is -2.11. The topological polar surface area (TPSA) is 44.5 Å². The predicted octanol–water partition coefficient (Wildman–Crippen LogP) is 2.79. The maximum atomic E-state index is 5.90. The maximum Gasteiger partial charge on any atom is 0.120 e. The first kappa shape index (κ1) is 13.2. The van der Waals surface area contributed by atoms with Crippen molar-refractivity contribution in [3.63, 3.8) is 0 Å². The molecule has 3 nitrogen and oxygen atoms in total. The fourth-order valence-electron chi connectivity index (χ4n) is 1.17. The fraction of sp³-hybridized carbons (Fsp3) is 0.500. The number of benzene rings is 1. The van der Waals surface area contributed by atoms with Crippen LogP contribution in [0.1, 0.15) is 13.8 Å². The summed E-state index contributed by atoms with van der Waals surface area (Å²) in [6, 6.07) is 5.75. The lowest BCUT2D eigenvalue weighted by molar-refractivity contribution is 0.138. The van der Waals surface area contributed by atoms with E-state index < -0.39 is 0 Å². The lowest BCUT2D eigenvalue weighted by Crippen LogP contribution is -2.07. The van der Waals surface area contributed by atoms with E-state index in [2.05, 4.69) is 0 Å². The van der Waals surface area contributed by atoms with Crippen molar-refractivity contribution in [1.29, 1.82) is 0 Å². The molecule has 0 bridgehead atoms. The molecule has 0 aliphatic heterocycles. The van der Waals surface area contributed by atoms with Gasteiger partial charge in [0.05, 0.1) is 12.7 Å². The van der Waals surface area contributed by atoms with Crippen LogP contribution in [0.2, 0.25) is 0 Å². The summed E-state index contributed by atoms with van der Waals surface area (Å²) in [7, 11) is 1.71. The molecule has 0 saturated carbocycles. The fourth-order valence-corrected chi connectivity index (χ4v) is 2.16. The molecule has 0 heterocycles. The highest BCUT2D eigenvalue weighted by atomic mass is 32.2. The van der Waals surface area contributed by atoms with Crippen molar-refractivity contribution in [2.24, 2.45) is 0 Å². The zero-order valence-electron chi connectivity index (χ0n) is 10.0. The molecule has 16 heavy (non-hydrogen) atoms. The maximum absolute atomic E-state index is 5.90. The van der Waals surface area contributed by atoms with E-state index in [0.29, 0.717) is 6.61 Å². The smallest absolute Gasteiger partial charge is 0.120 e. The van der Waals surface area contributed by atoms with E-state index in [1.807, 2.05) is 32.0 Å². The highest BCUT2D eigenvalue weighted by Gasteiger charge is 2.05. The van der Waals surface area contributed by atoms with Crippen LogP contribution in [0.15, 0.2) is 23.1 Å². The molecular weight excluding hydrogens is 222 g/mol. The van der Waals surface area contributed by atoms with Gasteiger partial charge in [-0.2, -0.15) is 0 Å². The minimum absolute atomic E-state index is 0.222. The second-order valence-electron chi connectivity index (χ2n) is 3.49. The number of nitrogens with two attached hydrogens (primary N) is 1. The molecule has 2 N–H and O–H groups in total. The highest BCUT2D eigenvalue weighted by Crippen LogP contribution is 2.29. The Labute approximate surface area is 101 Å². The average molecular weight is 241 g/mol. The van der Waals surface area contributed by atoms with E-state index in [0.717, 1.165) is 22.1 Å². The predicted molar refractivity (Wildman–Crippen MR) is 69.2 cm³/mol. The van der Waals surface area contributed by atoms with Gasteiger partial charge in [-0.25, -0.2) is 0 Å². The third-order valence-corrected chi connectivity index (χ3v) is 3.47. The number of hydrogen-bond acceptors (Lipinski definition) is 4. The Hall–Kier alpha value is -0.870. The van der Waals surface area contributed by atoms with Crippen LogP contribution in [-0.4, -0.2) is 25.6 Å². The van der Waals surface area contributed by atoms with Gasteiger partial charge < -0.3 is 15.2 Å². The van der Waals surface area contributed by atoms with Crippen molar-refractivity contribution in [2.45, 2.75) is 24.8 Å². The summed E-state index contributed by atoms with van der Waals surface area (Å²) < 4.78 is 10.6. The molecule has 0 aliphatic rings. The van der Waals surface area contributed by atoms with Crippen LogP contribution in [0.25, 0.3) is 0 Å². The second kappa shape index (κ2) is 6.66. The Kier molecular flexibility index (Phi) is 5.49.